The van der Waals surface area contributed by atoms with E-state index in [1.807, 2.05) is 30.3 Å². The van der Waals surface area contributed by atoms with Crippen molar-refractivity contribution in [1.82, 2.24) is 4.90 Å². The second-order valence-electron chi connectivity index (χ2n) is 4.79. The highest BCUT2D eigenvalue weighted by Crippen LogP contribution is 2.37. The molecule has 1 saturated heterocycles. The highest BCUT2D eigenvalue weighted by atomic mass is 15.3. The Hall–Kier alpha value is -1.51. The molecule has 1 aliphatic carbocycles. The molecule has 2 atom stereocenters. The molecule has 3 rings (SSSR count). The molecule has 1 heterocycles. The lowest BCUT2D eigenvalue weighted by Gasteiger charge is -2.27. The highest BCUT2D eigenvalue weighted by molar-refractivity contribution is 5.81. The smallest absolute Gasteiger partial charge is 0.196 e. The third-order valence-electron chi connectivity index (χ3n) is 3.70. The fourth-order valence-corrected chi connectivity index (χ4v) is 2.90. The Bertz CT molecular complexity index is 399. The first-order valence-electron chi connectivity index (χ1n) is 5.99. The van der Waals surface area contributed by atoms with E-state index in [1.54, 1.807) is 0 Å². The first-order valence-corrected chi connectivity index (χ1v) is 5.99. The number of aliphatic imine (C=N–C) groups is 1. The zero-order valence-corrected chi connectivity index (χ0v) is 9.34. The minimum atomic E-state index is 0.650. The number of hydrogen-bond donors (Lipinski definition) is 1. The molecular formula is C13H17N3. The topological polar surface area (TPSA) is 41.6 Å². The van der Waals surface area contributed by atoms with Gasteiger partial charge in [-0.2, -0.15) is 0 Å². The van der Waals surface area contributed by atoms with Gasteiger partial charge >= 0.3 is 0 Å². The Morgan fingerprint density at radius 1 is 1.25 bits per heavy atom. The lowest BCUT2D eigenvalue weighted by atomic mass is 10.1. The average molecular weight is 215 g/mol. The largest absolute Gasteiger partial charge is 0.369 e. The number of fused-ring (bicyclic) bond motifs is 2. The number of nitrogens with two attached hydrogens (primary N) is 1. The number of rotatable bonds is 1. The van der Waals surface area contributed by atoms with Crippen LogP contribution in [0, 0.1) is 5.92 Å². The van der Waals surface area contributed by atoms with E-state index in [4.69, 9.17) is 5.73 Å². The van der Waals surface area contributed by atoms with Gasteiger partial charge in [-0.25, -0.2) is 4.99 Å². The molecule has 16 heavy (non-hydrogen) atoms. The monoisotopic (exact) mass is 215 g/mol. The van der Waals surface area contributed by atoms with Crippen LogP contribution in [0.15, 0.2) is 35.3 Å². The van der Waals surface area contributed by atoms with E-state index in [2.05, 4.69) is 9.89 Å². The van der Waals surface area contributed by atoms with Gasteiger partial charge in [0.25, 0.3) is 0 Å². The van der Waals surface area contributed by atoms with Crippen molar-refractivity contribution >= 4 is 11.6 Å². The molecule has 84 valence electrons. The summed E-state index contributed by atoms with van der Waals surface area (Å²) in [6.07, 6.45) is 3.97. The summed E-state index contributed by atoms with van der Waals surface area (Å²) >= 11 is 0. The van der Waals surface area contributed by atoms with Crippen molar-refractivity contribution in [2.24, 2.45) is 16.6 Å². The van der Waals surface area contributed by atoms with Gasteiger partial charge in [-0.3, -0.25) is 0 Å². The fraction of sp³-hybridized carbons (Fsp3) is 0.462. The molecule has 0 radical (unpaired) electrons. The van der Waals surface area contributed by atoms with Crippen LogP contribution in [-0.2, 0) is 0 Å². The number of nitrogens with zero attached hydrogens (tertiary/aromatic N) is 2. The summed E-state index contributed by atoms with van der Waals surface area (Å²) in [6, 6.07) is 10.6. The normalized spacial score (nSPS) is 28.8. The number of guanidine groups is 1. The van der Waals surface area contributed by atoms with Crippen LogP contribution in [0.1, 0.15) is 19.3 Å². The van der Waals surface area contributed by atoms with Crippen molar-refractivity contribution in [3.05, 3.63) is 30.3 Å². The van der Waals surface area contributed by atoms with Gasteiger partial charge in [-0.1, -0.05) is 18.2 Å². The Balaban J connectivity index is 1.78. The van der Waals surface area contributed by atoms with Crippen molar-refractivity contribution in [2.75, 3.05) is 6.54 Å². The summed E-state index contributed by atoms with van der Waals surface area (Å²) in [7, 11) is 0. The summed E-state index contributed by atoms with van der Waals surface area (Å²) in [4.78, 5) is 6.76. The molecule has 1 aromatic rings. The maximum Gasteiger partial charge on any atom is 0.196 e. The molecule has 2 N–H and O–H groups in total. The van der Waals surface area contributed by atoms with E-state index in [1.165, 1.54) is 19.3 Å². The minimum absolute atomic E-state index is 0.650. The van der Waals surface area contributed by atoms with Crippen molar-refractivity contribution in [3.8, 4) is 0 Å². The summed E-state index contributed by atoms with van der Waals surface area (Å²) in [5, 5.41) is 0. The fourth-order valence-electron chi connectivity index (χ4n) is 2.90. The Kier molecular flexibility index (Phi) is 2.31. The van der Waals surface area contributed by atoms with E-state index >= 15 is 0 Å². The van der Waals surface area contributed by atoms with Crippen LogP contribution >= 0.6 is 0 Å². The summed E-state index contributed by atoms with van der Waals surface area (Å²) < 4.78 is 0. The molecule has 0 spiro atoms. The van der Waals surface area contributed by atoms with Gasteiger partial charge in [0.05, 0.1) is 5.69 Å². The summed E-state index contributed by atoms with van der Waals surface area (Å²) in [5.74, 6) is 1.55. The summed E-state index contributed by atoms with van der Waals surface area (Å²) in [5.41, 5.74) is 7.02. The third-order valence-corrected chi connectivity index (χ3v) is 3.70. The van der Waals surface area contributed by atoms with Gasteiger partial charge in [-0.15, -0.1) is 0 Å². The number of benzene rings is 1. The van der Waals surface area contributed by atoms with Crippen LogP contribution in [0.25, 0.3) is 0 Å². The molecule has 2 fully saturated rings. The van der Waals surface area contributed by atoms with Gasteiger partial charge in [0.2, 0.25) is 0 Å². The van der Waals surface area contributed by atoms with E-state index in [0.29, 0.717) is 12.0 Å². The molecule has 1 saturated carbocycles. The zero-order valence-electron chi connectivity index (χ0n) is 9.34. The molecule has 2 unspecified atom stereocenters. The van der Waals surface area contributed by atoms with Crippen molar-refractivity contribution in [3.63, 3.8) is 0 Å². The van der Waals surface area contributed by atoms with Crippen LogP contribution in [0.4, 0.5) is 5.69 Å². The van der Waals surface area contributed by atoms with Crippen molar-refractivity contribution in [1.29, 1.82) is 0 Å². The SMILES string of the molecule is NC(=Nc1ccccc1)N1CC2CCC1C2. The Morgan fingerprint density at radius 3 is 2.69 bits per heavy atom. The van der Waals surface area contributed by atoms with Crippen LogP contribution in [0.2, 0.25) is 0 Å². The maximum absolute atomic E-state index is 6.07. The van der Waals surface area contributed by atoms with Crippen LogP contribution in [0.3, 0.4) is 0 Å². The molecule has 1 aromatic carbocycles. The Labute approximate surface area is 96.0 Å². The van der Waals surface area contributed by atoms with E-state index in [-0.39, 0.29) is 0 Å². The number of hydrogen-bond acceptors (Lipinski definition) is 1. The van der Waals surface area contributed by atoms with Crippen LogP contribution in [0.5, 0.6) is 0 Å². The third kappa shape index (κ3) is 1.66. The standard InChI is InChI=1S/C13H17N3/c14-13(15-11-4-2-1-3-5-11)16-9-10-6-7-12(16)8-10/h1-5,10,12H,6-9H2,(H2,14,15). The first kappa shape index (κ1) is 9.70. The van der Waals surface area contributed by atoms with Crippen molar-refractivity contribution in [2.45, 2.75) is 25.3 Å². The van der Waals surface area contributed by atoms with Gasteiger partial charge < -0.3 is 10.6 Å². The van der Waals surface area contributed by atoms with E-state index in [9.17, 15) is 0 Å². The lowest BCUT2D eigenvalue weighted by molar-refractivity contribution is 0.324. The predicted molar refractivity (Wildman–Crippen MR) is 65.6 cm³/mol. The molecular weight excluding hydrogens is 198 g/mol. The van der Waals surface area contributed by atoms with Gasteiger partial charge in [-0.05, 0) is 37.3 Å². The maximum atomic E-state index is 6.07. The molecule has 0 amide bonds. The highest BCUT2D eigenvalue weighted by Gasteiger charge is 2.38. The predicted octanol–water partition coefficient (Wildman–Crippen LogP) is 2.12. The molecule has 3 nitrogen and oxygen atoms in total. The Morgan fingerprint density at radius 2 is 2.06 bits per heavy atom. The number of likely N-dealkylation sites (tertiary alicyclic amines) is 1. The van der Waals surface area contributed by atoms with Gasteiger partial charge in [0.1, 0.15) is 0 Å². The molecule has 2 bridgehead atoms. The van der Waals surface area contributed by atoms with E-state index < -0.39 is 0 Å². The van der Waals surface area contributed by atoms with Crippen LogP contribution in [-0.4, -0.2) is 23.4 Å². The summed E-state index contributed by atoms with van der Waals surface area (Å²) in [6.45, 7) is 1.10. The van der Waals surface area contributed by atoms with E-state index in [0.717, 1.165) is 18.2 Å². The quantitative estimate of drug-likeness (QED) is 0.576. The zero-order chi connectivity index (χ0) is 11.0. The number of para-hydroxylation sites is 1. The minimum Gasteiger partial charge on any atom is -0.369 e. The van der Waals surface area contributed by atoms with Crippen molar-refractivity contribution < 1.29 is 0 Å². The first-order chi connectivity index (χ1) is 7.83. The number of piperidine rings is 1. The average Bonchev–Trinajstić information content (AvgIpc) is 2.92. The second kappa shape index (κ2) is 3.81. The second-order valence-corrected chi connectivity index (χ2v) is 4.79. The molecule has 3 heteroatoms. The van der Waals surface area contributed by atoms with Gasteiger partial charge in [0, 0.05) is 12.6 Å². The molecule has 0 aromatic heterocycles. The molecule has 1 aliphatic heterocycles. The molecule has 2 aliphatic rings. The van der Waals surface area contributed by atoms with Gasteiger partial charge in [0.15, 0.2) is 5.96 Å². The lowest BCUT2D eigenvalue weighted by Crippen LogP contribution is -2.42. The van der Waals surface area contributed by atoms with Crippen LogP contribution < -0.4 is 5.73 Å².